The van der Waals surface area contributed by atoms with E-state index in [-0.39, 0.29) is 16.9 Å². The van der Waals surface area contributed by atoms with Crippen molar-refractivity contribution < 1.29 is 10.2 Å². The highest BCUT2D eigenvalue weighted by Crippen LogP contribution is 2.47. The van der Waals surface area contributed by atoms with E-state index >= 15 is 0 Å². The Morgan fingerprint density at radius 1 is 1.19 bits per heavy atom. The molecule has 0 heterocycles. The smallest absolute Gasteiger partial charge is 0.408 e. The Morgan fingerprint density at radius 2 is 1.88 bits per heavy atom. The van der Waals surface area contributed by atoms with Gasteiger partial charge in [-0.1, -0.05) is 20.8 Å². The molecule has 4 heteroatoms. The van der Waals surface area contributed by atoms with Crippen LogP contribution in [0.25, 0.3) is 9.69 Å². The third kappa shape index (κ3) is 3.31. The topological polar surface area (TPSA) is 49.2 Å². The minimum atomic E-state index is 0.00248. The van der Waals surface area contributed by atoms with Gasteiger partial charge in [-0.05, 0) is 21.5 Å². The lowest BCUT2D eigenvalue weighted by atomic mass is 9.63. The predicted octanol–water partition coefficient (Wildman–Crippen LogP) is 2.90. The molecule has 2 unspecified atom stereocenters. The number of hydrogen-bond donors (Lipinski definition) is 2. The van der Waals surface area contributed by atoms with E-state index in [0.717, 1.165) is 19.3 Å². The third-order valence-electron chi connectivity index (χ3n) is 3.19. The zero-order valence-electron chi connectivity index (χ0n) is 10.2. The van der Waals surface area contributed by atoms with Crippen LogP contribution in [0.2, 0.25) is 0 Å². The lowest BCUT2D eigenvalue weighted by Crippen LogP contribution is -2.38. The van der Waals surface area contributed by atoms with Gasteiger partial charge in [0, 0.05) is 12.8 Å². The summed E-state index contributed by atoms with van der Waals surface area (Å²) < 4.78 is 0. The van der Waals surface area contributed by atoms with E-state index < -0.39 is 0 Å². The van der Waals surface area contributed by atoms with Gasteiger partial charge in [-0.3, -0.25) is 0 Å². The summed E-state index contributed by atoms with van der Waals surface area (Å²) in [5.41, 5.74) is 0.172. The first-order valence-corrected chi connectivity index (χ1v) is 5.55. The second kappa shape index (κ2) is 4.61. The molecule has 0 aliphatic heterocycles. The van der Waals surface area contributed by atoms with Crippen LogP contribution in [0.3, 0.4) is 0 Å². The molecule has 0 saturated heterocycles. The molecule has 16 heavy (non-hydrogen) atoms. The van der Waals surface area contributed by atoms with Crippen molar-refractivity contribution in [1.29, 1.82) is 0 Å². The van der Waals surface area contributed by atoms with Gasteiger partial charge >= 0.3 is 12.5 Å². The lowest BCUT2D eigenvalue weighted by molar-refractivity contribution is 0.107. The zero-order chi connectivity index (χ0) is 12.2. The molecule has 2 atom stereocenters. The van der Waals surface area contributed by atoms with Crippen LogP contribution in [0.4, 0.5) is 0 Å². The summed E-state index contributed by atoms with van der Waals surface area (Å²) in [6, 6.07) is 0.0904. The molecule has 4 nitrogen and oxygen atoms in total. The summed E-state index contributed by atoms with van der Waals surface area (Å²) in [6.45, 7) is 7.06. The SMILES string of the molecule is CC1(C)CC([N+]#CO)CC(C)(C[N+]#CO)C1. The van der Waals surface area contributed by atoms with Crippen LogP contribution in [-0.2, 0) is 0 Å². The molecule has 0 aromatic heterocycles. The van der Waals surface area contributed by atoms with E-state index in [1.165, 1.54) is 0 Å². The largest absolute Gasteiger partial charge is 0.511 e. The van der Waals surface area contributed by atoms with Crippen molar-refractivity contribution in [3.8, 4) is 12.5 Å². The molecule has 2 N–H and O–H groups in total. The molecule has 1 fully saturated rings. The molecule has 0 amide bonds. The van der Waals surface area contributed by atoms with Gasteiger partial charge < -0.3 is 10.2 Å². The monoisotopic (exact) mass is 224 g/mol. The van der Waals surface area contributed by atoms with Crippen molar-refractivity contribution in [2.24, 2.45) is 10.8 Å². The van der Waals surface area contributed by atoms with E-state index in [1.54, 1.807) is 0 Å². The van der Waals surface area contributed by atoms with Crippen molar-refractivity contribution in [3.63, 3.8) is 0 Å². The Kier molecular flexibility index (Phi) is 3.65. The maximum Gasteiger partial charge on any atom is 0.511 e. The quantitative estimate of drug-likeness (QED) is 0.673. The van der Waals surface area contributed by atoms with Gasteiger partial charge in [0.1, 0.15) is 0 Å². The third-order valence-corrected chi connectivity index (χ3v) is 3.19. The fourth-order valence-electron chi connectivity index (χ4n) is 3.10. The van der Waals surface area contributed by atoms with Gasteiger partial charge in [-0.15, -0.1) is 0 Å². The van der Waals surface area contributed by atoms with Gasteiger partial charge in [0.05, 0.1) is 5.41 Å². The fourth-order valence-corrected chi connectivity index (χ4v) is 3.10. The first-order valence-electron chi connectivity index (χ1n) is 5.55. The van der Waals surface area contributed by atoms with Gasteiger partial charge in [-0.2, -0.15) is 0 Å². The van der Waals surface area contributed by atoms with Crippen LogP contribution in [0.1, 0.15) is 40.0 Å². The first-order chi connectivity index (χ1) is 7.41. The predicted molar refractivity (Wildman–Crippen MR) is 62.8 cm³/mol. The average Bonchev–Trinajstić information content (AvgIpc) is 2.12. The van der Waals surface area contributed by atoms with Crippen molar-refractivity contribution in [3.05, 3.63) is 9.69 Å². The molecule has 0 spiro atoms. The summed E-state index contributed by atoms with van der Waals surface area (Å²) in [5, 5.41) is 17.2. The van der Waals surface area contributed by atoms with E-state index in [0.29, 0.717) is 6.54 Å². The van der Waals surface area contributed by atoms with Gasteiger partial charge in [-0.25, -0.2) is 0 Å². The maximum absolute atomic E-state index is 8.64. The van der Waals surface area contributed by atoms with E-state index in [4.69, 9.17) is 10.2 Å². The average molecular weight is 224 g/mol. The molecule has 0 aromatic carbocycles. The summed E-state index contributed by atoms with van der Waals surface area (Å²) in [7, 11) is 0. The Hall–Kier alpha value is -1.42. The number of aliphatic hydroxyl groups is 2. The highest BCUT2D eigenvalue weighted by Gasteiger charge is 2.48. The van der Waals surface area contributed by atoms with Crippen LogP contribution < -0.4 is 0 Å². The second-order valence-electron chi connectivity index (χ2n) is 5.86. The molecule has 88 valence electrons. The Bertz CT molecular complexity index is 370. The van der Waals surface area contributed by atoms with E-state index in [1.807, 2.05) is 12.5 Å². The standard InChI is InChI=1S/C12H18N2O2/c1-11(2)4-10(14-9-16)5-12(3,6-11)7-13-8-15/h10H,4-7H2,1-3H3/p+2. The number of nitrogens with zero attached hydrogens (tertiary/aromatic N) is 2. The Morgan fingerprint density at radius 3 is 2.44 bits per heavy atom. The Labute approximate surface area is 96.5 Å². The molecular formula is C12H20N2O2+2. The molecule has 0 radical (unpaired) electrons. The van der Waals surface area contributed by atoms with Gasteiger partial charge in [0.15, 0.2) is 0 Å². The number of hydrogen-bond acceptors (Lipinski definition) is 2. The van der Waals surface area contributed by atoms with Crippen LogP contribution in [-0.4, -0.2) is 22.8 Å². The zero-order valence-corrected chi connectivity index (χ0v) is 10.2. The number of rotatable bonds is 1. The summed E-state index contributed by atoms with van der Waals surface area (Å²) >= 11 is 0. The summed E-state index contributed by atoms with van der Waals surface area (Å²) in [5.74, 6) is 0. The summed E-state index contributed by atoms with van der Waals surface area (Å²) in [6.07, 6.45) is 6.58. The minimum absolute atomic E-state index is 0.00248. The minimum Gasteiger partial charge on any atom is -0.408 e. The highest BCUT2D eigenvalue weighted by molar-refractivity contribution is 5.03. The molecule has 1 rings (SSSR count). The molecular weight excluding hydrogens is 204 g/mol. The highest BCUT2D eigenvalue weighted by atomic mass is 16.2. The van der Waals surface area contributed by atoms with E-state index in [2.05, 4.69) is 30.5 Å². The molecule has 1 aliphatic rings. The number of aliphatic hydroxyl groups excluding tert-OH is 2. The molecule has 0 aromatic rings. The second-order valence-corrected chi connectivity index (χ2v) is 5.86. The molecule has 0 bridgehead atoms. The Balaban J connectivity index is 2.83. The lowest BCUT2D eigenvalue weighted by Gasteiger charge is -2.38. The normalized spacial score (nSPS) is 31.8. The van der Waals surface area contributed by atoms with Crippen LogP contribution in [0.5, 0.6) is 0 Å². The van der Waals surface area contributed by atoms with Gasteiger partial charge in [0.25, 0.3) is 12.6 Å². The van der Waals surface area contributed by atoms with Crippen LogP contribution in [0, 0.1) is 23.3 Å². The van der Waals surface area contributed by atoms with E-state index in [9.17, 15) is 0 Å². The van der Waals surface area contributed by atoms with Gasteiger partial charge in [0.2, 0.25) is 0 Å². The fraction of sp³-hybridized carbons (Fsp3) is 0.833. The van der Waals surface area contributed by atoms with Crippen molar-refractivity contribution in [2.45, 2.75) is 46.1 Å². The van der Waals surface area contributed by atoms with Crippen LogP contribution in [0.15, 0.2) is 0 Å². The molecule has 1 saturated carbocycles. The van der Waals surface area contributed by atoms with Crippen molar-refractivity contribution in [1.82, 2.24) is 0 Å². The first kappa shape index (κ1) is 12.6. The van der Waals surface area contributed by atoms with Crippen molar-refractivity contribution in [2.75, 3.05) is 6.54 Å². The van der Waals surface area contributed by atoms with Crippen molar-refractivity contribution >= 4 is 0 Å². The van der Waals surface area contributed by atoms with Crippen LogP contribution >= 0.6 is 0 Å². The summed E-state index contributed by atoms with van der Waals surface area (Å²) in [4.78, 5) is 7.77. The maximum atomic E-state index is 8.64. The molecule has 1 aliphatic carbocycles.